The summed E-state index contributed by atoms with van der Waals surface area (Å²) in [4.78, 5) is 4.27. The molecule has 1 rings (SSSR count). The van der Waals surface area contributed by atoms with Crippen LogP contribution in [0.25, 0.3) is 0 Å². The first kappa shape index (κ1) is 18.6. The molecule has 3 nitrogen and oxygen atoms in total. The molecule has 126 valence electrons. The molecule has 3 unspecified atom stereocenters. The van der Waals surface area contributed by atoms with Gasteiger partial charge in [-0.2, -0.15) is 13.2 Å². The Morgan fingerprint density at radius 1 is 1.10 bits per heavy atom. The van der Waals surface area contributed by atoms with Crippen LogP contribution in [0.15, 0.2) is 0 Å². The highest BCUT2D eigenvalue weighted by atomic mass is 19.4. The van der Waals surface area contributed by atoms with E-state index in [0.717, 1.165) is 6.92 Å². The number of rotatable bonds is 5. The third-order valence-electron chi connectivity index (χ3n) is 4.97. The third kappa shape index (κ3) is 3.87. The van der Waals surface area contributed by atoms with E-state index in [-0.39, 0.29) is 38.0 Å². The summed E-state index contributed by atoms with van der Waals surface area (Å²) in [6.07, 6.45) is -4.80. The molecular weight excluding hydrogens is 292 g/mol. The van der Waals surface area contributed by atoms with Crippen molar-refractivity contribution in [2.75, 3.05) is 0 Å². The Hall–Kier alpha value is -0.400. The minimum Gasteiger partial charge on any atom is -0.380 e. The first-order valence-corrected chi connectivity index (χ1v) is 7.25. The van der Waals surface area contributed by atoms with Gasteiger partial charge in [0.25, 0.3) is 0 Å². The average Bonchev–Trinajstić information content (AvgIpc) is 2.38. The average molecular weight is 316 g/mol. The summed E-state index contributed by atoms with van der Waals surface area (Å²) in [5.41, 5.74) is -4.48. The van der Waals surface area contributed by atoms with Crippen molar-refractivity contribution in [3.63, 3.8) is 0 Å². The molecular formula is C14H24F4O3. The zero-order chi connectivity index (χ0) is 16.5. The van der Waals surface area contributed by atoms with Gasteiger partial charge in [0.15, 0.2) is 5.60 Å². The molecule has 0 spiro atoms. The Morgan fingerprint density at radius 3 is 1.90 bits per heavy atom. The molecule has 21 heavy (non-hydrogen) atoms. The van der Waals surface area contributed by atoms with E-state index in [2.05, 4.69) is 4.89 Å². The molecule has 0 aliphatic heterocycles. The van der Waals surface area contributed by atoms with E-state index >= 15 is 0 Å². The lowest BCUT2D eigenvalue weighted by Gasteiger charge is -2.42. The summed E-state index contributed by atoms with van der Waals surface area (Å²) >= 11 is 0. The molecule has 0 amide bonds. The van der Waals surface area contributed by atoms with E-state index in [4.69, 9.17) is 5.26 Å². The Kier molecular flexibility index (Phi) is 5.67. The lowest BCUT2D eigenvalue weighted by Crippen LogP contribution is -2.51. The molecule has 0 heterocycles. The topological polar surface area (TPSA) is 49.7 Å². The fraction of sp³-hybridized carbons (Fsp3) is 1.00. The first-order chi connectivity index (χ1) is 9.47. The highest BCUT2D eigenvalue weighted by Crippen LogP contribution is 2.46. The van der Waals surface area contributed by atoms with Gasteiger partial charge in [-0.25, -0.2) is 9.28 Å². The molecule has 1 fully saturated rings. The second-order valence-corrected chi connectivity index (χ2v) is 6.41. The van der Waals surface area contributed by atoms with Crippen LogP contribution in [-0.4, -0.2) is 33.9 Å². The number of hydrogen-bond acceptors (Lipinski definition) is 3. The van der Waals surface area contributed by atoms with Gasteiger partial charge in [0.1, 0.15) is 11.8 Å². The predicted molar refractivity (Wildman–Crippen MR) is 69.4 cm³/mol. The predicted octanol–water partition coefficient (Wildman–Crippen LogP) is 4.10. The SMILES string of the molecule is CCC(C)(F)C(OO)C1CCC(C(C)(O)C(F)(F)F)CC1. The maximum absolute atomic E-state index is 14.3. The molecule has 1 aliphatic carbocycles. The maximum atomic E-state index is 14.3. The molecule has 0 radical (unpaired) electrons. The van der Waals surface area contributed by atoms with Crippen LogP contribution in [0, 0.1) is 11.8 Å². The van der Waals surface area contributed by atoms with Crippen molar-refractivity contribution < 1.29 is 32.8 Å². The van der Waals surface area contributed by atoms with Crippen molar-refractivity contribution in [2.24, 2.45) is 11.8 Å². The van der Waals surface area contributed by atoms with E-state index in [1.807, 2.05) is 0 Å². The van der Waals surface area contributed by atoms with Gasteiger partial charge in [0.05, 0.1) is 0 Å². The smallest absolute Gasteiger partial charge is 0.380 e. The molecule has 1 aliphatic rings. The van der Waals surface area contributed by atoms with E-state index in [0.29, 0.717) is 0 Å². The van der Waals surface area contributed by atoms with E-state index in [1.54, 1.807) is 6.92 Å². The lowest BCUT2D eigenvalue weighted by molar-refractivity contribution is -0.321. The Labute approximate surface area is 122 Å². The minimum absolute atomic E-state index is 0.122. The number of halogens is 4. The van der Waals surface area contributed by atoms with E-state index < -0.39 is 29.5 Å². The number of aliphatic hydroxyl groups is 1. The Balaban J connectivity index is 2.72. The van der Waals surface area contributed by atoms with Gasteiger partial charge in [0.2, 0.25) is 0 Å². The summed E-state index contributed by atoms with van der Waals surface area (Å²) in [5, 5.41) is 18.6. The van der Waals surface area contributed by atoms with Crippen LogP contribution in [0.4, 0.5) is 17.6 Å². The van der Waals surface area contributed by atoms with Gasteiger partial charge in [-0.3, -0.25) is 5.26 Å². The molecule has 0 aromatic heterocycles. The zero-order valence-electron chi connectivity index (χ0n) is 12.6. The van der Waals surface area contributed by atoms with Gasteiger partial charge < -0.3 is 5.11 Å². The largest absolute Gasteiger partial charge is 0.417 e. The first-order valence-electron chi connectivity index (χ1n) is 7.25. The monoisotopic (exact) mass is 316 g/mol. The normalized spacial score (nSPS) is 31.3. The summed E-state index contributed by atoms with van der Waals surface area (Å²) < 4.78 is 52.7. The third-order valence-corrected chi connectivity index (χ3v) is 4.97. The highest BCUT2D eigenvalue weighted by molar-refractivity contribution is 4.95. The summed E-state index contributed by atoms with van der Waals surface area (Å²) in [6, 6.07) is 0. The lowest BCUT2D eigenvalue weighted by atomic mass is 9.70. The molecule has 3 atom stereocenters. The standard InChI is InChI=1S/C14H24F4O3/c1-4-12(2,15)11(21-20)9-5-7-10(8-6-9)13(3,19)14(16,17)18/h9-11,19-20H,4-8H2,1-3H3. The molecule has 0 aromatic carbocycles. The quantitative estimate of drug-likeness (QED) is 0.456. The molecule has 0 aromatic rings. The molecule has 0 saturated heterocycles. The van der Waals surface area contributed by atoms with Crippen molar-refractivity contribution in [3.8, 4) is 0 Å². The zero-order valence-corrected chi connectivity index (χ0v) is 12.6. The van der Waals surface area contributed by atoms with Crippen LogP contribution < -0.4 is 0 Å². The van der Waals surface area contributed by atoms with Crippen LogP contribution in [0.2, 0.25) is 0 Å². The summed E-state index contributed by atoms with van der Waals surface area (Å²) in [5.74, 6) is -1.27. The van der Waals surface area contributed by atoms with Crippen LogP contribution >= 0.6 is 0 Å². The van der Waals surface area contributed by atoms with Crippen molar-refractivity contribution in [2.45, 2.75) is 76.4 Å². The maximum Gasteiger partial charge on any atom is 0.417 e. The highest BCUT2D eigenvalue weighted by Gasteiger charge is 2.55. The van der Waals surface area contributed by atoms with Crippen molar-refractivity contribution in [1.82, 2.24) is 0 Å². The van der Waals surface area contributed by atoms with Crippen LogP contribution in [0.3, 0.4) is 0 Å². The molecule has 2 N–H and O–H groups in total. The minimum atomic E-state index is -4.69. The second kappa shape index (κ2) is 6.38. The number of alkyl halides is 4. The summed E-state index contributed by atoms with van der Waals surface area (Å²) in [6.45, 7) is 3.71. The van der Waals surface area contributed by atoms with Gasteiger partial charge in [-0.15, -0.1) is 0 Å². The van der Waals surface area contributed by atoms with Gasteiger partial charge in [-0.05, 0) is 57.8 Å². The van der Waals surface area contributed by atoms with E-state index in [9.17, 15) is 22.7 Å². The van der Waals surface area contributed by atoms with Crippen LogP contribution in [0.1, 0.15) is 52.9 Å². The van der Waals surface area contributed by atoms with Crippen LogP contribution in [0.5, 0.6) is 0 Å². The van der Waals surface area contributed by atoms with Crippen molar-refractivity contribution in [1.29, 1.82) is 0 Å². The summed E-state index contributed by atoms with van der Waals surface area (Å²) in [7, 11) is 0. The second-order valence-electron chi connectivity index (χ2n) is 6.41. The van der Waals surface area contributed by atoms with Gasteiger partial charge in [0, 0.05) is 0 Å². The molecule has 7 heteroatoms. The van der Waals surface area contributed by atoms with Crippen LogP contribution in [-0.2, 0) is 4.89 Å². The van der Waals surface area contributed by atoms with Crippen molar-refractivity contribution >= 4 is 0 Å². The van der Waals surface area contributed by atoms with Gasteiger partial charge in [-0.1, -0.05) is 6.92 Å². The van der Waals surface area contributed by atoms with E-state index in [1.165, 1.54) is 6.92 Å². The van der Waals surface area contributed by atoms with Crippen molar-refractivity contribution in [3.05, 3.63) is 0 Å². The molecule has 0 bridgehead atoms. The fourth-order valence-electron chi connectivity index (χ4n) is 3.10. The Bertz CT molecular complexity index is 334. The fourth-order valence-corrected chi connectivity index (χ4v) is 3.10. The molecule has 1 saturated carbocycles. The van der Waals surface area contributed by atoms with Gasteiger partial charge >= 0.3 is 6.18 Å². The number of hydrogen-bond donors (Lipinski definition) is 2. The Morgan fingerprint density at radius 2 is 1.57 bits per heavy atom.